The van der Waals surface area contributed by atoms with Gasteiger partial charge in [0.25, 0.3) is 5.56 Å². The van der Waals surface area contributed by atoms with Crippen LogP contribution in [0, 0.1) is 11.3 Å². The van der Waals surface area contributed by atoms with Gasteiger partial charge in [0.2, 0.25) is 0 Å². The van der Waals surface area contributed by atoms with Gasteiger partial charge in [-0.05, 0) is 0 Å². The number of nitriles is 1. The van der Waals surface area contributed by atoms with Gasteiger partial charge in [0.05, 0.1) is 19.1 Å². The molecule has 0 fully saturated rings. The highest BCUT2D eigenvalue weighted by atomic mass is 35.5. The standard InChI is InChI=1S/C8H6ClN3O/c1-6(9)4-12-5-11-3-7(2-10)8(12)13/h3,5H,1,4H2. The molecule has 5 heteroatoms. The van der Waals surface area contributed by atoms with Gasteiger partial charge in [-0.15, -0.1) is 0 Å². The zero-order valence-electron chi connectivity index (χ0n) is 6.70. The summed E-state index contributed by atoms with van der Waals surface area (Å²) in [5.41, 5.74) is -0.403. The largest absolute Gasteiger partial charge is 0.293 e. The monoisotopic (exact) mass is 195 g/mol. The highest BCUT2D eigenvalue weighted by Crippen LogP contribution is 1.98. The molecule has 0 unspecified atom stereocenters. The summed E-state index contributed by atoms with van der Waals surface area (Å²) in [5.74, 6) is 0. The molecular weight excluding hydrogens is 190 g/mol. The number of aromatic nitrogens is 2. The van der Waals surface area contributed by atoms with Gasteiger partial charge >= 0.3 is 0 Å². The van der Waals surface area contributed by atoms with E-state index in [9.17, 15) is 4.79 Å². The third-order valence-electron chi connectivity index (χ3n) is 1.36. The lowest BCUT2D eigenvalue weighted by Gasteiger charge is -2.01. The smallest absolute Gasteiger partial charge is 0.271 e. The second-order valence-electron chi connectivity index (χ2n) is 2.37. The Kier molecular flexibility index (Phi) is 2.83. The summed E-state index contributed by atoms with van der Waals surface area (Å²) in [7, 11) is 0. The Bertz CT molecular complexity index is 430. The highest BCUT2D eigenvalue weighted by molar-refractivity contribution is 6.29. The lowest BCUT2D eigenvalue weighted by Crippen LogP contribution is -2.22. The van der Waals surface area contributed by atoms with E-state index in [0.717, 1.165) is 0 Å². The molecule has 1 rings (SSSR count). The van der Waals surface area contributed by atoms with E-state index < -0.39 is 5.56 Å². The van der Waals surface area contributed by atoms with E-state index in [4.69, 9.17) is 16.9 Å². The first-order chi connectivity index (χ1) is 6.15. The van der Waals surface area contributed by atoms with Crippen molar-refractivity contribution in [3.8, 4) is 6.07 Å². The molecule has 0 saturated heterocycles. The van der Waals surface area contributed by atoms with Gasteiger partial charge in [0, 0.05) is 5.03 Å². The van der Waals surface area contributed by atoms with Crippen molar-refractivity contribution in [2.45, 2.75) is 6.54 Å². The SMILES string of the molecule is C=C(Cl)Cn1cncc(C#N)c1=O. The summed E-state index contributed by atoms with van der Waals surface area (Å²) in [6.07, 6.45) is 2.53. The molecule has 1 heterocycles. The van der Waals surface area contributed by atoms with E-state index in [0.29, 0.717) is 5.03 Å². The minimum atomic E-state index is -0.403. The van der Waals surface area contributed by atoms with Crippen LogP contribution in [0.4, 0.5) is 0 Å². The summed E-state index contributed by atoms with van der Waals surface area (Å²) < 4.78 is 1.23. The van der Waals surface area contributed by atoms with Crippen molar-refractivity contribution in [3.05, 3.63) is 40.1 Å². The summed E-state index contributed by atoms with van der Waals surface area (Å²) >= 11 is 5.51. The number of hydrogen-bond donors (Lipinski definition) is 0. The van der Waals surface area contributed by atoms with E-state index in [2.05, 4.69) is 11.6 Å². The molecule has 0 aliphatic rings. The summed E-state index contributed by atoms with van der Waals surface area (Å²) in [5, 5.41) is 8.84. The first-order valence-electron chi connectivity index (χ1n) is 3.43. The maximum Gasteiger partial charge on any atom is 0.271 e. The Morgan fingerprint density at radius 1 is 1.85 bits per heavy atom. The van der Waals surface area contributed by atoms with Crippen LogP contribution >= 0.6 is 11.6 Å². The molecule has 66 valence electrons. The van der Waals surface area contributed by atoms with Gasteiger partial charge in [-0.25, -0.2) is 4.98 Å². The van der Waals surface area contributed by atoms with Crippen molar-refractivity contribution < 1.29 is 0 Å². The fourth-order valence-corrected chi connectivity index (χ4v) is 0.954. The highest BCUT2D eigenvalue weighted by Gasteiger charge is 2.02. The molecule has 0 spiro atoms. The van der Waals surface area contributed by atoms with Gasteiger partial charge in [0.15, 0.2) is 0 Å². The molecule has 1 aromatic heterocycles. The Hall–Kier alpha value is -1.60. The summed E-state index contributed by atoms with van der Waals surface area (Å²) in [6.45, 7) is 3.61. The molecule has 0 aromatic carbocycles. The molecule has 0 aliphatic carbocycles. The molecular formula is C8H6ClN3O. The van der Waals surface area contributed by atoms with E-state index in [1.165, 1.54) is 17.1 Å². The number of hydrogen-bond acceptors (Lipinski definition) is 3. The van der Waals surface area contributed by atoms with Crippen LogP contribution in [-0.2, 0) is 6.54 Å². The predicted molar refractivity (Wildman–Crippen MR) is 48.2 cm³/mol. The number of allylic oxidation sites excluding steroid dienone is 1. The molecule has 1 aromatic rings. The maximum absolute atomic E-state index is 11.3. The van der Waals surface area contributed by atoms with Crippen molar-refractivity contribution in [1.82, 2.24) is 9.55 Å². The predicted octanol–water partition coefficient (Wildman–Crippen LogP) is 0.867. The van der Waals surface area contributed by atoms with E-state index >= 15 is 0 Å². The molecule has 0 saturated carbocycles. The quantitative estimate of drug-likeness (QED) is 0.704. The second-order valence-corrected chi connectivity index (χ2v) is 2.90. The third kappa shape index (κ3) is 2.17. The Morgan fingerprint density at radius 3 is 3.08 bits per heavy atom. The molecule has 0 N–H and O–H groups in total. The number of rotatable bonds is 2. The van der Waals surface area contributed by atoms with Crippen molar-refractivity contribution in [2.75, 3.05) is 0 Å². The van der Waals surface area contributed by atoms with Gasteiger partial charge in [0.1, 0.15) is 11.6 Å². The fourth-order valence-electron chi connectivity index (χ4n) is 0.825. The average molecular weight is 196 g/mol. The van der Waals surface area contributed by atoms with Crippen molar-refractivity contribution in [1.29, 1.82) is 5.26 Å². The van der Waals surface area contributed by atoms with Crippen LogP contribution in [0.2, 0.25) is 0 Å². The van der Waals surface area contributed by atoms with Gasteiger partial charge in [-0.1, -0.05) is 18.2 Å². The molecule has 4 nitrogen and oxygen atoms in total. The topological polar surface area (TPSA) is 58.7 Å². The summed E-state index contributed by atoms with van der Waals surface area (Å²) in [6, 6.07) is 1.74. The Morgan fingerprint density at radius 2 is 2.54 bits per heavy atom. The fraction of sp³-hybridized carbons (Fsp3) is 0.125. The molecule has 0 radical (unpaired) electrons. The molecule has 0 aliphatic heterocycles. The van der Waals surface area contributed by atoms with E-state index in [1.54, 1.807) is 6.07 Å². The molecule has 13 heavy (non-hydrogen) atoms. The van der Waals surface area contributed by atoms with Crippen LogP contribution in [0.5, 0.6) is 0 Å². The van der Waals surface area contributed by atoms with Crippen LogP contribution in [0.25, 0.3) is 0 Å². The van der Waals surface area contributed by atoms with Crippen LogP contribution in [-0.4, -0.2) is 9.55 Å². The Labute approximate surface area is 79.7 Å². The van der Waals surface area contributed by atoms with Gasteiger partial charge in [-0.3, -0.25) is 9.36 Å². The zero-order chi connectivity index (χ0) is 9.84. The summed E-state index contributed by atoms with van der Waals surface area (Å²) in [4.78, 5) is 15.0. The van der Waals surface area contributed by atoms with Crippen LogP contribution in [0.1, 0.15) is 5.56 Å². The maximum atomic E-state index is 11.3. The second kappa shape index (κ2) is 3.87. The molecule has 0 amide bonds. The van der Waals surface area contributed by atoms with Gasteiger partial charge in [-0.2, -0.15) is 5.26 Å². The lowest BCUT2D eigenvalue weighted by atomic mass is 10.4. The first-order valence-corrected chi connectivity index (χ1v) is 3.80. The van der Waals surface area contributed by atoms with E-state index in [-0.39, 0.29) is 12.1 Å². The minimum absolute atomic E-state index is 0.000386. The number of nitrogens with zero attached hydrogens (tertiary/aromatic N) is 3. The van der Waals surface area contributed by atoms with Crippen molar-refractivity contribution in [2.24, 2.45) is 0 Å². The van der Waals surface area contributed by atoms with Gasteiger partial charge < -0.3 is 0 Å². The van der Waals surface area contributed by atoms with Crippen LogP contribution in [0.15, 0.2) is 28.9 Å². The van der Waals surface area contributed by atoms with Crippen molar-refractivity contribution in [3.63, 3.8) is 0 Å². The molecule has 0 atom stereocenters. The third-order valence-corrected chi connectivity index (χ3v) is 1.48. The van der Waals surface area contributed by atoms with E-state index in [1.807, 2.05) is 0 Å². The number of halogens is 1. The zero-order valence-corrected chi connectivity index (χ0v) is 7.45. The van der Waals surface area contributed by atoms with Crippen LogP contribution in [0.3, 0.4) is 0 Å². The van der Waals surface area contributed by atoms with Crippen LogP contribution < -0.4 is 5.56 Å². The Balaban J connectivity index is 3.18. The first kappa shape index (κ1) is 9.49. The average Bonchev–Trinajstić information content (AvgIpc) is 2.08. The van der Waals surface area contributed by atoms with Crippen molar-refractivity contribution >= 4 is 11.6 Å². The molecule has 0 bridgehead atoms. The lowest BCUT2D eigenvalue weighted by molar-refractivity contribution is 0.743. The minimum Gasteiger partial charge on any atom is -0.293 e. The normalized spacial score (nSPS) is 9.23.